The summed E-state index contributed by atoms with van der Waals surface area (Å²) >= 11 is 0. The Morgan fingerprint density at radius 1 is 1.10 bits per heavy atom. The van der Waals surface area contributed by atoms with E-state index in [9.17, 15) is 14.9 Å². The number of esters is 2. The lowest BCUT2D eigenvalue weighted by Crippen LogP contribution is -2.43. The van der Waals surface area contributed by atoms with Crippen molar-refractivity contribution in [1.82, 2.24) is 9.97 Å². The van der Waals surface area contributed by atoms with Crippen LogP contribution < -0.4 is 9.16 Å². The Kier molecular flexibility index (Phi) is 10.2. The van der Waals surface area contributed by atoms with Gasteiger partial charge in [0.25, 0.3) is 0 Å². The summed E-state index contributed by atoms with van der Waals surface area (Å²) in [7, 11) is -2.16. The fraction of sp³-hybridized carbons (Fsp3) is 0.387. The molecule has 0 bridgehead atoms. The average molecular weight is 576 g/mol. The van der Waals surface area contributed by atoms with Crippen LogP contribution in [0.2, 0.25) is 18.1 Å². The van der Waals surface area contributed by atoms with Gasteiger partial charge in [0.05, 0.1) is 23.9 Å². The van der Waals surface area contributed by atoms with Gasteiger partial charge in [-0.2, -0.15) is 5.26 Å². The van der Waals surface area contributed by atoms with Crippen LogP contribution in [0.3, 0.4) is 0 Å². The van der Waals surface area contributed by atoms with Crippen molar-refractivity contribution in [3.63, 3.8) is 0 Å². The second-order valence-corrected chi connectivity index (χ2v) is 15.7. The molecule has 0 aliphatic rings. The summed E-state index contributed by atoms with van der Waals surface area (Å²) < 4.78 is 23.1. The van der Waals surface area contributed by atoms with E-state index in [-0.39, 0.29) is 24.7 Å². The minimum Gasteiger partial charge on any atom is -0.543 e. The number of benzene rings is 2. The molecule has 1 atom stereocenters. The van der Waals surface area contributed by atoms with Gasteiger partial charge in [-0.15, -0.1) is 0 Å². The molecule has 1 heterocycles. The molecule has 41 heavy (non-hydrogen) atoms. The first-order chi connectivity index (χ1) is 19.3. The number of nitriles is 1. The molecule has 0 radical (unpaired) electrons. The quantitative estimate of drug-likeness (QED) is 0.200. The molecular weight excluding hydrogens is 538 g/mol. The molecule has 0 amide bonds. The van der Waals surface area contributed by atoms with Gasteiger partial charge in [0, 0.05) is 30.7 Å². The predicted octanol–water partition coefficient (Wildman–Crippen LogP) is 6.02. The van der Waals surface area contributed by atoms with Gasteiger partial charge in [0.1, 0.15) is 18.1 Å². The molecule has 10 heteroatoms. The number of nitrogens with zero attached hydrogens (tertiary/aromatic N) is 3. The third kappa shape index (κ3) is 8.38. The van der Waals surface area contributed by atoms with Crippen LogP contribution >= 0.6 is 0 Å². The van der Waals surface area contributed by atoms with Gasteiger partial charge < -0.3 is 18.6 Å². The topological polar surface area (TPSA) is 121 Å². The minimum absolute atomic E-state index is 0.0254. The van der Waals surface area contributed by atoms with E-state index >= 15 is 0 Å². The van der Waals surface area contributed by atoms with Crippen molar-refractivity contribution in [1.29, 1.82) is 5.26 Å². The van der Waals surface area contributed by atoms with Crippen LogP contribution in [0.1, 0.15) is 51.4 Å². The summed E-state index contributed by atoms with van der Waals surface area (Å²) in [6, 6.07) is 16.4. The highest BCUT2D eigenvalue weighted by molar-refractivity contribution is 6.74. The monoisotopic (exact) mass is 575 g/mol. The van der Waals surface area contributed by atoms with E-state index in [0.29, 0.717) is 39.7 Å². The van der Waals surface area contributed by atoms with Crippen molar-refractivity contribution in [2.75, 3.05) is 6.61 Å². The second-order valence-electron chi connectivity index (χ2n) is 11.0. The zero-order valence-corrected chi connectivity index (χ0v) is 25.7. The number of hydrogen-bond acceptors (Lipinski definition) is 9. The van der Waals surface area contributed by atoms with Crippen LogP contribution in [0.25, 0.3) is 11.4 Å². The maximum atomic E-state index is 12.6. The number of carbonyl (C=O) groups excluding carboxylic acids is 2. The largest absolute Gasteiger partial charge is 0.543 e. The summed E-state index contributed by atoms with van der Waals surface area (Å²) in [5.41, 5.74) is 2.31. The summed E-state index contributed by atoms with van der Waals surface area (Å²) in [4.78, 5) is 33.4. The van der Waals surface area contributed by atoms with Crippen molar-refractivity contribution >= 4 is 20.3 Å². The van der Waals surface area contributed by atoms with E-state index in [2.05, 4.69) is 49.9 Å². The first-order valence-electron chi connectivity index (χ1n) is 13.4. The molecule has 0 saturated heterocycles. The van der Waals surface area contributed by atoms with Gasteiger partial charge in [-0.25, -0.2) is 14.8 Å². The number of hydrogen-bond donors (Lipinski definition) is 0. The molecular formula is C31H37N3O6Si. The predicted molar refractivity (Wildman–Crippen MR) is 157 cm³/mol. The molecule has 0 N–H and O–H groups in total. The summed E-state index contributed by atoms with van der Waals surface area (Å²) in [5, 5.41) is 9.44. The molecule has 0 spiro atoms. The van der Waals surface area contributed by atoms with E-state index in [4.69, 9.17) is 18.6 Å². The molecule has 1 aromatic heterocycles. The summed E-state index contributed by atoms with van der Waals surface area (Å²) in [6.45, 7) is 13.9. The fourth-order valence-corrected chi connectivity index (χ4v) is 4.73. The van der Waals surface area contributed by atoms with Gasteiger partial charge >= 0.3 is 11.9 Å². The van der Waals surface area contributed by atoms with Crippen molar-refractivity contribution in [2.45, 2.75) is 71.9 Å². The lowest BCUT2D eigenvalue weighted by atomic mass is 10.1. The van der Waals surface area contributed by atoms with Crippen LogP contribution in [-0.4, -0.2) is 42.9 Å². The van der Waals surface area contributed by atoms with Gasteiger partial charge in [0.2, 0.25) is 14.4 Å². The highest BCUT2D eigenvalue weighted by atomic mass is 28.4. The van der Waals surface area contributed by atoms with Crippen molar-refractivity contribution in [2.24, 2.45) is 0 Å². The van der Waals surface area contributed by atoms with E-state index in [1.807, 2.05) is 18.2 Å². The standard InChI is InChI=1S/C31H37N3O6Si/c1-8-37-30(36)28(39-21(2)35)18-23-17-25(40-41(6,7)31(3,4)5)13-14-27(23)38-20-24-15-16-33-29(34-24)26-12-10-9-11-22(26)19-32/h9-17,28H,8,18,20H2,1-7H3. The zero-order chi connectivity index (χ0) is 30.2. The Bertz CT molecular complexity index is 1430. The van der Waals surface area contributed by atoms with Crippen molar-refractivity contribution < 1.29 is 28.2 Å². The van der Waals surface area contributed by atoms with Gasteiger partial charge in [0.15, 0.2) is 5.82 Å². The Morgan fingerprint density at radius 2 is 1.83 bits per heavy atom. The Hall–Kier alpha value is -4.23. The summed E-state index contributed by atoms with van der Waals surface area (Å²) in [5.74, 6) is 0.304. The molecule has 0 aliphatic heterocycles. The molecule has 0 saturated carbocycles. The average Bonchev–Trinajstić information content (AvgIpc) is 2.91. The maximum Gasteiger partial charge on any atom is 0.347 e. The Labute approximate surface area is 242 Å². The van der Waals surface area contributed by atoms with Crippen LogP contribution in [-0.2, 0) is 32.1 Å². The maximum absolute atomic E-state index is 12.6. The third-order valence-corrected chi connectivity index (χ3v) is 11.2. The zero-order valence-electron chi connectivity index (χ0n) is 24.7. The van der Waals surface area contributed by atoms with Gasteiger partial charge in [-0.3, -0.25) is 4.79 Å². The fourth-order valence-electron chi connectivity index (χ4n) is 3.71. The van der Waals surface area contributed by atoms with E-state index in [0.717, 1.165) is 0 Å². The van der Waals surface area contributed by atoms with Gasteiger partial charge in [-0.05, 0) is 61.5 Å². The highest BCUT2D eigenvalue weighted by Gasteiger charge is 2.39. The highest BCUT2D eigenvalue weighted by Crippen LogP contribution is 2.38. The third-order valence-electron chi connectivity index (χ3n) is 6.85. The van der Waals surface area contributed by atoms with Crippen molar-refractivity contribution in [3.05, 3.63) is 71.5 Å². The van der Waals surface area contributed by atoms with E-state index in [1.165, 1.54) is 6.92 Å². The molecule has 216 valence electrons. The molecule has 1 unspecified atom stereocenters. The Morgan fingerprint density at radius 3 is 2.49 bits per heavy atom. The van der Waals surface area contributed by atoms with Gasteiger partial charge in [-0.1, -0.05) is 32.9 Å². The first-order valence-corrected chi connectivity index (χ1v) is 16.4. The van der Waals surface area contributed by atoms with Crippen LogP contribution in [0.5, 0.6) is 11.5 Å². The lowest BCUT2D eigenvalue weighted by molar-refractivity contribution is -0.166. The number of aromatic nitrogens is 2. The Balaban J connectivity index is 1.94. The number of rotatable bonds is 11. The molecule has 2 aromatic carbocycles. The normalized spacial score (nSPS) is 12.1. The molecule has 9 nitrogen and oxygen atoms in total. The van der Waals surface area contributed by atoms with E-state index < -0.39 is 26.4 Å². The van der Waals surface area contributed by atoms with Crippen LogP contribution in [0.15, 0.2) is 54.7 Å². The molecule has 0 aliphatic carbocycles. The number of carbonyl (C=O) groups is 2. The van der Waals surface area contributed by atoms with E-state index in [1.54, 1.807) is 43.5 Å². The minimum atomic E-state index is -2.16. The van der Waals surface area contributed by atoms with Crippen LogP contribution in [0, 0.1) is 11.3 Å². The molecule has 3 rings (SSSR count). The first kappa shape index (κ1) is 31.3. The second kappa shape index (κ2) is 13.4. The number of ether oxygens (including phenoxy) is 3. The van der Waals surface area contributed by atoms with Crippen LogP contribution in [0.4, 0.5) is 0 Å². The van der Waals surface area contributed by atoms with Crippen molar-refractivity contribution in [3.8, 4) is 29.0 Å². The molecule has 0 fully saturated rings. The SMILES string of the molecule is CCOC(=O)C(Cc1cc(O[Si](C)(C)C(C)(C)C)ccc1OCc1ccnc(-c2ccccc2C#N)n1)OC(C)=O. The smallest absolute Gasteiger partial charge is 0.347 e. The lowest BCUT2D eigenvalue weighted by Gasteiger charge is -2.36. The molecule has 3 aromatic rings. The summed E-state index contributed by atoms with van der Waals surface area (Å²) in [6.07, 6.45) is 0.502.